The molecule has 0 aromatic heterocycles. The zero-order chi connectivity index (χ0) is 14.5. The fourth-order valence-electron chi connectivity index (χ4n) is 2.48. The van der Waals surface area contributed by atoms with Crippen LogP contribution in [0.25, 0.3) is 0 Å². The SMILES string of the molecule is CCNC(c1cc(Br)ccc1F)C(C)c1ccccc1. The third-order valence-electron chi connectivity index (χ3n) is 3.54. The second-order valence-electron chi connectivity index (χ2n) is 4.90. The number of benzene rings is 2. The lowest BCUT2D eigenvalue weighted by molar-refractivity contribution is 0.455. The lowest BCUT2D eigenvalue weighted by Crippen LogP contribution is -2.26. The molecule has 2 aromatic carbocycles. The Morgan fingerprint density at radius 2 is 1.85 bits per heavy atom. The van der Waals surface area contributed by atoms with Crippen LogP contribution in [-0.4, -0.2) is 6.54 Å². The van der Waals surface area contributed by atoms with Gasteiger partial charge in [0.1, 0.15) is 5.82 Å². The summed E-state index contributed by atoms with van der Waals surface area (Å²) in [6.07, 6.45) is 0. The van der Waals surface area contributed by atoms with Crippen molar-refractivity contribution in [3.8, 4) is 0 Å². The van der Waals surface area contributed by atoms with Gasteiger partial charge in [0, 0.05) is 22.0 Å². The van der Waals surface area contributed by atoms with Crippen molar-refractivity contribution in [2.75, 3.05) is 6.54 Å². The Morgan fingerprint density at radius 3 is 2.50 bits per heavy atom. The number of hydrogen-bond acceptors (Lipinski definition) is 1. The van der Waals surface area contributed by atoms with Gasteiger partial charge in [-0.05, 0) is 30.3 Å². The van der Waals surface area contributed by atoms with E-state index in [0.717, 1.165) is 11.0 Å². The molecule has 0 bridgehead atoms. The molecule has 20 heavy (non-hydrogen) atoms. The molecule has 1 N–H and O–H groups in total. The van der Waals surface area contributed by atoms with Gasteiger partial charge < -0.3 is 5.32 Å². The molecule has 3 heteroatoms. The molecule has 0 aliphatic heterocycles. The fourth-order valence-corrected chi connectivity index (χ4v) is 2.86. The molecule has 0 aliphatic carbocycles. The molecular weight excluding hydrogens is 317 g/mol. The van der Waals surface area contributed by atoms with Gasteiger partial charge >= 0.3 is 0 Å². The molecule has 0 aliphatic rings. The number of likely N-dealkylation sites (N-methyl/N-ethyl adjacent to an activating group) is 1. The van der Waals surface area contributed by atoms with Crippen LogP contribution in [0.3, 0.4) is 0 Å². The second kappa shape index (κ2) is 7.00. The third-order valence-corrected chi connectivity index (χ3v) is 4.04. The zero-order valence-electron chi connectivity index (χ0n) is 11.7. The summed E-state index contributed by atoms with van der Waals surface area (Å²) in [5.74, 6) is 0.0295. The molecule has 0 fully saturated rings. The standard InChI is InChI=1S/C17H19BrFN/c1-3-20-17(12(2)13-7-5-4-6-8-13)15-11-14(18)9-10-16(15)19/h4-12,17,20H,3H2,1-2H3. The summed E-state index contributed by atoms with van der Waals surface area (Å²) >= 11 is 3.43. The lowest BCUT2D eigenvalue weighted by Gasteiger charge is -2.26. The number of hydrogen-bond donors (Lipinski definition) is 1. The van der Waals surface area contributed by atoms with Crippen LogP contribution in [0.4, 0.5) is 4.39 Å². The Balaban J connectivity index is 2.38. The molecule has 0 amide bonds. The average molecular weight is 336 g/mol. The first-order chi connectivity index (χ1) is 9.63. The van der Waals surface area contributed by atoms with Crippen molar-refractivity contribution in [3.63, 3.8) is 0 Å². The van der Waals surface area contributed by atoms with Crippen molar-refractivity contribution in [2.24, 2.45) is 0 Å². The summed E-state index contributed by atoms with van der Waals surface area (Å²) in [6, 6.07) is 15.3. The molecule has 2 rings (SSSR count). The summed E-state index contributed by atoms with van der Waals surface area (Å²) in [6.45, 7) is 4.97. The molecule has 0 saturated heterocycles. The van der Waals surface area contributed by atoms with Gasteiger partial charge in [-0.25, -0.2) is 4.39 Å². The smallest absolute Gasteiger partial charge is 0.128 e. The molecule has 2 aromatic rings. The highest BCUT2D eigenvalue weighted by atomic mass is 79.9. The van der Waals surface area contributed by atoms with Crippen LogP contribution in [0.2, 0.25) is 0 Å². The van der Waals surface area contributed by atoms with E-state index in [2.05, 4.69) is 40.3 Å². The van der Waals surface area contributed by atoms with Crippen molar-refractivity contribution >= 4 is 15.9 Å². The normalized spacial score (nSPS) is 14.0. The largest absolute Gasteiger partial charge is 0.310 e. The predicted octanol–water partition coefficient (Wildman–Crippen LogP) is 5.04. The molecule has 106 valence electrons. The Labute approximate surface area is 128 Å². The average Bonchev–Trinajstić information content (AvgIpc) is 2.48. The van der Waals surface area contributed by atoms with E-state index in [4.69, 9.17) is 0 Å². The van der Waals surface area contributed by atoms with E-state index in [1.165, 1.54) is 11.6 Å². The first kappa shape index (κ1) is 15.2. The van der Waals surface area contributed by atoms with Gasteiger partial charge in [0.25, 0.3) is 0 Å². The minimum absolute atomic E-state index is 0.0418. The van der Waals surface area contributed by atoms with Crippen LogP contribution in [0.1, 0.15) is 36.9 Å². The molecule has 0 saturated carbocycles. The van der Waals surface area contributed by atoms with Gasteiger partial charge in [-0.1, -0.05) is 60.1 Å². The highest BCUT2D eigenvalue weighted by Gasteiger charge is 2.22. The first-order valence-electron chi connectivity index (χ1n) is 6.86. The van der Waals surface area contributed by atoms with Crippen LogP contribution in [0.15, 0.2) is 53.0 Å². The minimum atomic E-state index is -0.165. The van der Waals surface area contributed by atoms with Crippen molar-refractivity contribution < 1.29 is 4.39 Å². The van der Waals surface area contributed by atoms with E-state index in [1.807, 2.05) is 31.2 Å². The molecule has 1 nitrogen and oxygen atoms in total. The van der Waals surface area contributed by atoms with Gasteiger partial charge in [-0.3, -0.25) is 0 Å². The zero-order valence-corrected chi connectivity index (χ0v) is 13.3. The number of rotatable bonds is 5. The fraction of sp³-hybridized carbons (Fsp3) is 0.294. The van der Waals surface area contributed by atoms with Crippen LogP contribution >= 0.6 is 15.9 Å². The molecule has 0 heterocycles. The molecule has 2 unspecified atom stereocenters. The van der Waals surface area contributed by atoms with Gasteiger partial charge in [-0.2, -0.15) is 0 Å². The van der Waals surface area contributed by atoms with Crippen LogP contribution in [0.5, 0.6) is 0 Å². The van der Waals surface area contributed by atoms with Crippen LogP contribution in [0, 0.1) is 5.82 Å². The Bertz CT molecular complexity index is 556. The van der Waals surface area contributed by atoms with Crippen molar-refractivity contribution in [2.45, 2.75) is 25.8 Å². The van der Waals surface area contributed by atoms with E-state index in [1.54, 1.807) is 6.07 Å². The monoisotopic (exact) mass is 335 g/mol. The second-order valence-corrected chi connectivity index (χ2v) is 5.82. The van der Waals surface area contributed by atoms with E-state index < -0.39 is 0 Å². The predicted molar refractivity (Wildman–Crippen MR) is 85.4 cm³/mol. The summed E-state index contributed by atoms with van der Waals surface area (Å²) in [5.41, 5.74) is 1.91. The van der Waals surface area contributed by atoms with E-state index in [0.29, 0.717) is 5.56 Å². The maximum Gasteiger partial charge on any atom is 0.128 e. The molecule has 0 radical (unpaired) electrons. The summed E-state index contributed by atoms with van der Waals surface area (Å²) in [5, 5.41) is 3.40. The van der Waals surface area contributed by atoms with Gasteiger partial charge in [0.15, 0.2) is 0 Å². The number of nitrogens with one attached hydrogen (secondary N) is 1. The highest BCUT2D eigenvalue weighted by Crippen LogP contribution is 2.33. The molecule has 2 atom stereocenters. The third kappa shape index (κ3) is 3.47. The van der Waals surface area contributed by atoms with E-state index >= 15 is 0 Å². The Kier molecular flexibility index (Phi) is 5.32. The minimum Gasteiger partial charge on any atom is -0.310 e. The van der Waals surface area contributed by atoms with Crippen molar-refractivity contribution in [1.82, 2.24) is 5.32 Å². The van der Waals surface area contributed by atoms with Gasteiger partial charge in [0.05, 0.1) is 0 Å². The van der Waals surface area contributed by atoms with E-state index in [9.17, 15) is 4.39 Å². The van der Waals surface area contributed by atoms with E-state index in [-0.39, 0.29) is 17.8 Å². The maximum atomic E-state index is 14.2. The molecule has 0 spiro atoms. The van der Waals surface area contributed by atoms with Crippen molar-refractivity contribution in [3.05, 3.63) is 69.9 Å². The Morgan fingerprint density at radius 1 is 1.15 bits per heavy atom. The van der Waals surface area contributed by atoms with Gasteiger partial charge in [-0.15, -0.1) is 0 Å². The molecular formula is C17H19BrFN. The maximum absolute atomic E-state index is 14.2. The Hall–Kier alpha value is -1.19. The topological polar surface area (TPSA) is 12.0 Å². The highest BCUT2D eigenvalue weighted by molar-refractivity contribution is 9.10. The van der Waals surface area contributed by atoms with Crippen molar-refractivity contribution in [1.29, 1.82) is 0 Å². The first-order valence-corrected chi connectivity index (χ1v) is 7.66. The summed E-state index contributed by atoms with van der Waals surface area (Å²) in [7, 11) is 0. The summed E-state index contributed by atoms with van der Waals surface area (Å²) < 4.78 is 15.1. The quantitative estimate of drug-likeness (QED) is 0.806. The lowest BCUT2D eigenvalue weighted by atomic mass is 9.88. The summed E-state index contributed by atoms with van der Waals surface area (Å²) in [4.78, 5) is 0. The van der Waals surface area contributed by atoms with Crippen LogP contribution < -0.4 is 5.32 Å². The van der Waals surface area contributed by atoms with Crippen LogP contribution in [-0.2, 0) is 0 Å². The van der Waals surface area contributed by atoms with Gasteiger partial charge in [0.2, 0.25) is 0 Å². The number of halogens is 2.